The summed E-state index contributed by atoms with van der Waals surface area (Å²) >= 11 is 0. The number of imidazole rings is 1. The molecular formula is C28H34N4O2. The molecule has 1 amide bonds. The zero-order valence-corrected chi connectivity index (χ0v) is 19.6. The molecule has 1 aliphatic carbocycles. The number of piperazine rings is 1. The maximum Gasteiger partial charge on any atom is 0.275 e. The Morgan fingerprint density at radius 1 is 1.00 bits per heavy atom. The van der Waals surface area contributed by atoms with Gasteiger partial charge in [-0.1, -0.05) is 79.9 Å². The van der Waals surface area contributed by atoms with Crippen molar-refractivity contribution in [1.82, 2.24) is 19.8 Å². The van der Waals surface area contributed by atoms with Gasteiger partial charge in [-0.3, -0.25) is 4.79 Å². The Morgan fingerprint density at radius 2 is 1.74 bits per heavy atom. The molecule has 1 saturated heterocycles. The predicted molar refractivity (Wildman–Crippen MR) is 134 cm³/mol. The molecule has 2 N–H and O–H groups in total. The van der Waals surface area contributed by atoms with Crippen molar-refractivity contribution < 1.29 is 9.90 Å². The van der Waals surface area contributed by atoms with Gasteiger partial charge in [0.15, 0.2) is 5.69 Å². The number of nitrogens with one attached hydrogen (secondary N) is 1. The van der Waals surface area contributed by atoms with E-state index in [1.165, 1.54) is 5.56 Å². The van der Waals surface area contributed by atoms with E-state index in [4.69, 9.17) is 0 Å². The zero-order chi connectivity index (χ0) is 23.3. The lowest BCUT2D eigenvalue weighted by Crippen LogP contribution is -2.54. The lowest BCUT2D eigenvalue weighted by molar-refractivity contribution is 0.0630. The minimum atomic E-state index is -0.424. The van der Waals surface area contributed by atoms with Crippen LogP contribution >= 0.6 is 0 Å². The highest BCUT2D eigenvalue weighted by Crippen LogP contribution is 2.34. The Morgan fingerprint density at radius 3 is 2.53 bits per heavy atom. The summed E-state index contributed by atoms with van der Waals surface area (Å²) in [5.41, 5.74) is 3.51. The summed E-state index contributed by atoms with van der Waals surface area (Å²) in [6.45, 7) is 2.20. The van der Waals surface area contributed by atoms with Crippen LogP contribution in [0.5, 0.6) is 0 Å². The van der Waals surface area contributed by atoms with E-state index in [1.807, 2.05) is 53.4 Å². The van der Waals surface area contributed by atoms with E-state index >= 15 is 0 Å². The van der Waals surface area contributed by atoms with Gasteiger partial charge >= 0.3 is 0 Å². The molecule has 2 aliphatic rings. The smallest absolute Gasteiger partial charge is 0.275 e. The van der Waals surface area contributed by atoms with Crippen LogP contribution in [0.15, 0.2) is 67.0 Å². The summed E-state index contributed by atoms with van der Waals surface area (Å²) < 4.78 is 2.08. The van der Waals surface area contributed by atoms with Crippen molar-refractivity contribution in [2.24, 2.45) is 0 Å². The van der Waals surface area contributed by atoms with Gasteiger partial charge in [-0.25, -0.2) is 4.98 Å². The molecule has 5 rings (SSSR count). The fourth-order valence-corrected chi connectivity index (χ4v) is 5.48. The van der Waals surface area contributed by atoms with Crippen molar-refractivity contribution in [1.29, 1.82) is 0 Å². The molecule has 3 atom stereocenters. The van der Waals surface area contributed by atoms with E-state index in [2.05, 4.69) is 27.0 Å². The number of nitrogens with zero attached hydrogens (tertiary/aromatic N) is 3. The second kappa shape index (κ2) is 10.5. The third kappa shape index (κ3) is 4.79. The fraction of sp³-hybridized carbons (Fsp3) is 0.429. The summed E-state index contributed by atoms with van der Waals surface area (Å²) in [5.74, 6) is -0.0249. The van der Waals surface area contributed by atoms with Gasteiger partial charge in [0.1, 0.15) is 0 Å². The molecule has 0 spiro atoms. The van der Waals surface area contributed by atoms with Crippen molar-refractivity contribution in [2.75, 3.05) is 19.6 Å². The number of aromatic nitrogens is 2. The minimum Gasteiger partial charge on any atom is -0.391 e. The Bertz CT molecular complexity index is 1080. The van der Waals surface area contributed by atoms with Gasteiger partial charge < -0.3 is 19.9 Å². The van der Waals surface area contributed by atoms with Crippen molar-refractivity contribution in [3.63, 3.8) is 0 Å². The van der Waals surface area contributed by atoms with Crippen LogP contribution in [-0.2, 0) is 6.42 Å². The number of aliphatic hydroxyl groups is 1. The monoisotopic (exact) mass is 458 g/mol. The Labute approximate surface area is 201 Å². The molecule has 1 saturated carbocycles. The fourth-order valence-electron chi connectivity index (χ4n) is 5.48. The van der Waals surface area contributed by atoms with Crippen LogP contribution in [0.4, 0.5) is 0 Å². The summed E-state index contributed by atoms with van der Waals surface area (Å²) in [7, 11) is 0. The van der Waals surface area contributed by atoms with Crippen molar-refractivity contribution in [2.45, 2.75) is 56.7 Å². The molecule has 2 fully saturated rings. The number of hydrogen-bond donors (Lipinski definition) is 2. The van der Waals surface area contributed by atoms with E-state index < -0.39 is 6.10 Å². The minimum absolute atomic E-state index is 0.0249. The first-order chi connectivity index (χ1) is 16.7. The van der Waals surface area contributed by atoms with E-state index in [9.17, 15) is 9.90 Å². The van der Waals surface area contributed by atoms with E-state index in [-0.39, 0.29) is 18.0 Å². The van der Waals surface area contributed by atoms with Gasteiger partial charge in [0.05, 0.1) is 24.2 Å². The zero-order valence-electron chi connectivity index (χ0n) is 19.6. The summed E-state index contributed by atoms with van der Waals surface area (Å²) in [6.07, 6.45) is 7.11. The second-order valence-corrected chi connectivity index (χ2v) is 9.53. The van der Waals surface area contributed by atoms with Crippen LogP contribution in [0.1, 0.15) is 54.2 Å². The SMILES string of the molecule is O=C(c1ncn([C@H]2CCCCC[C@@H]2O)c1-c1ccccc1)N1CCNC[C@H]1Cc1ccccc1. The maximum absolute atomic E-state index is 14.0. The highest BCUT2D eigenvalue weighted by atomic mass is 16.3. The summed E-state index contributed by atoms with van der Waals surface area (Å²) in [5, 5.41) is 14.4. The molecule has 6 heteroatoms. The Kier molecular flexibility index (Phi) is 7.07. The van der Waals surface area contributed by atoms with Crippen LogP contribution in [0.2, 0.25) is 0 Å². The highest BCUT2D eigenvalue weighted by Gasteiger charge is 2.33. The van der Waals surface area contributed by atoms with Crippen LogP contribution in [0, 0.1) is 0 Å². The average molecular weight is 459 g/mol. The standard InChI is InChI=1S/C28H34N4O2/c33-25-15-9-3-8-14-24(25)32-20-30-26(27(32)22-12-6-2-7-13-22)28(34)31-17-16-29-19-23(31)18-21-10-4-1-5-11-21/h1-2,4-7,10-13,20,23-25,29,33H,3,8-9,14-19H2/t23-,24+,25+/m1/s1. The topological polar surface area (TPSA) is 70.4 Å². The normalized spacial score (nSPS) is 23.4. The molecule has 0 bridgehead atoms. The largest absolute Gasteiger partial charge is 0.391 e. The molecule has 6 nitrogen and oxygen atoms in total. The quantitative estimate of drug-likeness (QED) is 0.566. The van der Waals surface area contributed by atoms with Gasteiger partial charge in [-0.2, -0.15) is 0 Å². The van der Waals surface area contributed by atoms with E-state index in [0.717, 1.165) is 62.9 Å². The number of rotatable bonds is 5. The Balaban J connectivity index is 1.51. The predicted octanol–water partition coefficient (Wildman–Crippen LogP) is 4.07. The number of benzene rings is 2. The van der Waals surface area contributed by atoms with E-state index in [0.29, 0.717) is 12.2 Å². The van der Waals surface area contributed by atoms with Gasteiger partial charge in [-0.15, -0.1) is 0 Å². The first kappa shape index (κ1) is 22.8. The number of hydrogen-bond acceptors (Lipinski definition) is 4. The Hall–Kier alpha value is -2.96. The molecule has 0 unspecified atom stereocenters. The molecule has 1 aromatic heterocycles. The van der Waals surface area contributed by atoms with Gasteiger partial charge in [0.2, 0.25) is 0 Å². The van der Waals surface area contributed by atoms with Gasteiger partial charge in [0, 0.05) is 31.2 Å². The van der Waals surface area contributed by atoms with Crippen LogP contribution in [0.25, 0.3) is 11.3 Å². The van der Waals surface area contributed by atoms with Gasteiger partial charge in [-0.05, 0) is 24.8 Å². The number of carbonyl (C=O) groups is 1. The first-order valence-corrected chi connectivity index (χ1v) is 12.6. The molecule has 2 aromatic carbocycles. The molecule has 178 valence electrons. The third-order valence-electron chi connectivity index (χ3n) is 7.27. The summed E-state index contributed by atoms with van der Waals surface area (Å²) in [6, 6.07) is 20.4. The van der Waals surface area contributed by atoms with E-state index in [1.54, 1.807) is 6.33 Å². The van der Waals surface area contributed by atoms with Crippen LogP contribution in [-0.4, -0.2) is 57.2 Å². The number of amides is 1. The van der Waals surface area contributed by atoms with Gasteiger partial charge in [0.25, 0.3) is 5.91 Å². The number of aliphatic hydroxyl groups excluding tert-OH is 1. The van der Waals surface area contributed by atoms with Crippen LogP contribution in [0.3, 0.4) is 0 Å². The van der Waals surface area contributed by atoms with Crippen LogP contribution < -0.4 is 5.32 Å². The lowest BCUT2D eigenvalue weighted by atomic mass is 10.0. The average Bonchev–Trinajstić information content (AvgIpc) is 3.20. The maximum atomic E-state index is 14.0. The third-order valence-corrected chi connectivity index (χ3v) is 7.27. The number of carbonyl (C=O) groups excluding carboxylic acids is 1. The van der Waals surface area contributed by atoms with Crippen molar-refractivity contribution >= 4 is 5.91 Å². The highest BCUT2D eigenvalue weighted by molar-refractivity contribution is 5.98. The summed E-state index contributed by atoms with van der Waals surface area (Å²) in [4.78, 5) is 20.7. The van der Waals surface area contributed by atoms with Crippen molar-refractivity contribution in [3.8, 4) is 11.3 Å². The first-order valence-electron chi connectivity index (χ1n) is 12.6. The molecule has 2 heterocycles. The molecule has 34 heavy (non-hydrogen) atoms. The van der Waals surface area contributed by atoms with Crippen molar-refractivity contribution in [3.05, 3.63) is 78.2 Å². The molecule has 3 aromatic rings. The molecule has 1 aliphatic heterocycles. The second-order valence-electron chi connectivity index (χ2n) is 9.53. The molecular weight excluding hydrogens is 424 g/mol. The lowest BCUT2D eigenvalue weighted by Gasteiger charge is -2.36. The molecule has 0 radical (unpaired) electrons.